The van der Waals surface area contributed by atoms with E-state index in [9.17, 15) is 18.8 Å². The molecule has 0 aliphatic carbocycles. The van der Waals surface area contributed by atoms with Gasteiger partial charge in [-0.05, 0) is 49.4 Å². The summed E-state index contributed by atoms with van der Waals surface area (Å²) in [6.07, 6.45) is 2.09. The van der Waals surface area contributed by atoms with Crippen molar-refractivity contribution >= 4 is 17.7 Å². The highest BCUT2D eigenvalue weighted by molar-refractivity contribution is 5.97. The number of rotatable bonds is 6. The molecule has 1 fully saturated rings. The molecular formula is C19H26FN3O3. The normalized spacial score (nSPS) is 16.0. The molecule has 1 aliphatic heterocycles. The minimum Gasteiger partial charge on any atom is -0.354 e. The Morgan fingerprint density at radius 2 is 1.81 bits per heavy atom. The first-order valence-electron chi connectivity index (χ1n) is 9.02. The van der Waals surface area contributed by atoms with Crippen LogP contribution in [0.4, 0.5) is 4.39 Å². The molecule has 6 nitrogen and oxygen atoms in total. The molecule has 0 saturated carbocycles. The molecule has 1 atom stereocenters. The summed E-state index contributed by atoms with van der Waals surface area (Å²) in [4.78, 5) is 38.3. The Hall–Kier alpha value is -2.44. The second-order valence-electron chi connectivity index (χ2n) is 6.59. The number of nitrogens with zero attached hydrogens (tertiary/aromatic N) is 1. The maximum Gasteiger partial charge on any atom is 0.251 e. The maximum absolute atomic E-state index is 13.0. The minimum atomic E-state index is -0.673. The average molecular weight is 363 g/mol. The van der Waals surface area contributed by atoms with Gasteiger partial charge in [-0.3, -0.25) is 14.4 Å². The molecule has 142 valence electrons. The van der Waals surface area contributed by atoms with E-state index in [-0.39, 0.29) is 17.7 Å². The molecule has 0 spiro atoms. The summed E-state index contributed by atoms with van der Waals surface area (Å²) in [6, 6.07) is 4.54. The van der Waals surface area contributed by atoms with Crippen molar-refractivity contribution in [2.75, 3.05) is 19.6 Å². The molecule has 2 N–H and O–H groups in total. The van der Waals surface area contributed by atoms with Crippen molar-refractivity contribution in [2.45, 2.75) is 39.2 Å². The summed E-state index contributed by atoms with van der Waals surface area (Å²) in [5.74, 6) is -1.08. The van der Waals surface area contributed by atoms with E-state index in [4.69, 9.17) is 0 Å². The topological polar surface area (TPSA) is 78.5 Å². The number of carbonyl (C=O) groups is 3. The van der Waals surface area contributed by atoms with Crippen molar-refractivity contribution in [1.29, 1.82) is 0 Å². The molecule has 1 saturated heterocycles. The highest BCUT2D eigenvalue weighted by Crippen LogP contribution is 2.21. The van der Waals surface area contributed by atoms with Gasteiger partial charge in [0.15, 0.2) is 0 Å². The first-order valence-corrected chi connectivity index (χ1v) is 9.02. The Kier molecular flexibility index (Phi) is 7.12. The zero-order valence-corrected chi connectivity index (χ0v) is 15.3. The van der Waals surface area contributed by atoms with Crippen LogP contribution in [0.5, 0.6) is 0 Å². The van der Waals surface area contributed by atoms with E-state index in [0.29, 0.717) is 38.0 Å². The lowest BCUT2D eigenvalue weighted by Gasteiger charge is -2.35. The van der Waals surface area contributed by atoms with Crippen molar-refractivity contribution in [3.8, 4) is 0 Å². The first-order chi connectivity index (χ1) is 12.4. The van der Waals surface area contributed by atoms with Crippen LogP contribution >= 0.6 is 0 Å². The molecule has 1 aromatic carbocycles. The van der Waals surface area contributed by atoms with Crippen LogP contribution < -0.4 is 10.6 Å². The zero-order valence-electron chi connectivity index (χ0n) is 15.3. The van der Waals surface area contributed by atoms with Gasteiger partial charge in [0.25, 0.3) is 5.91 Å². The minimum absolute atomic E-state index is 0.0192. The fourth-order valence-electron chi connectivity index (χ4n) is 3.13. The smallest absolute Gasteiger partial charge is 0.251 e. The molecular weight excluding hydrogens is 337 g/mol. The van der Waals surface area contributed by atoms with Crippen LogP contribution in [0.3, 0.4) is 0 Å². The largest absolute Gasteiger partial charge is 0.354 e. The zero-order chi connectivity index (χ0) is 19.1. The molecule has 0 aromatic heterocycles. The molecule has 0 bridgehead atoms. The number of piperidine rings is 1. The third kappa shape index (κ3) is 5.28. The SMILES string of the molecule is CCCNC(=O)[C@@H](NC(=O)c1ccc(F)cc1)C1CCN(C(C)=O)CC1. The number of hydrogen-bond acceptors (Lipinski definition) is 3. The van der Waals surface area contributed by atoms with Gasteiger partial charge in [0.2, 0.25) is 11.8 Å². The standard InChI is InChI=1S/C19H26FN3O3/c1-3-10-21-19(26)17(14-8-11-23(12-9-14)13(2)24)22-18(25)15-4-6-16(20)7-5-15/h4-7,14,17H,3,8-12H2,1-2H3,(H,21,26)(H,22,25)/t17-/m0/s1. The van der Waals surface area contributed by atoms with Crippen molar-refractivity contribution in [1.82, 2.24) is 15.5 Å². The Labute approximate surface area is 153 Å². The number of carbonyl (C=O) groups excluding carboxylic acids is 3. The van der Waals surface area contributed by atoms with Gasteiger partial charge in [-0.2, -0.15) is 0 Å². The number of halogens is 1. The summed E-state index contributed by atoms with van der Waals surface area (Å²) in [5, 5.41) is 5.63. The number of amides is 3. The van der Waals surface area contributed by atoms with E-state index in [0.717, 1.165) is 6.42 Å². The van der Waals surface area contributed by atoms with Crippen LogP contribution in [0.25, 0.3) is 0 Å². The van der Waals surface area contributed by atoms with Gasteiger partial charge in [-0.15, -0.1) is 0 Å². The Morgan fingerprint density at radius 1 is 1.19 bits per heavy atom. The summed E-state index contributed by atoms with van der Waals surface area (Å²) < 4.78 is 13.0. The van der Waals surface area contributed by atoms with Crippen LogP contribution in [0.2, 0.25) is 0 Å². The Morgan fingerprint density at radius 3 is 2.35 bits per heavy atom. The van der Waals surface area contributed by atoms with Gasteiger partial charge >= 0.3 is 0 Å². The third-order valence-electron chi connectivity index (χ3n) is 4.68. The molecule has 0 unspecified atom stereocenters. The maximum atomic E-state index is 13.0. The van der Waals surface area contributed by atoms with E-state index in [1.165, 1.54) is 31.2 Å². The lowest BCUT2D eigenvalue weighted by molar-refractivity contribution is -0.130. The fourth-order valence-corrected chi connectivity index (χ4v) is 3.13. The lowest BCUT2D eigenvalue weighted by atomic mass is 9.88. The van der Waals surface area contributed by atoms with Crippen LogP contribution in [0, 0.1) is 11.7 Å². The summed E-state index contributed by atoms with van der Waals surface area (Å²) in [7, 11) is 0. The van der Waals surface area contributed by atoms with Gasteiger partial charge in [0, 0.05) is 32.1 Å². The second kappa shape index (κ2) is 9.31. The number of hydrogen-bond donors (Lipinski definition) is 2. The number of nitrogens with one attached hydrogen (secondary N) is 2. The van der Waals surface area contributed by atoms with Crippen molar-refractivity contribution in [2.24, 2.45) is 5.92 Å². The third-order valence-corrected chi connectivity index (χ3v) is 4.68. The predicted octanol–water partition coefficient (Wildman–Crippen LogP) is 1.71. The Balaban J connectivity index is 2.08. The van der Waals surface area contributed by atoms with E-state index >= 15 is 0 Å². The monoisotopic (exact) mass is 363 g/mol. The molecule has 3 amide bonds. The first kappa shape index (κ1) is 19.9. The van der Waals surface area contributed by atoms with Gasteiger partial charge < -0.3 is 15.5 Å². The van der Waals surface area contributed by atoms with Crippen LogP contribution in [-0.2, 0) is 9.59 Å². The van der Waals surface area contributed by atoms with E-state index in [1.54, 1.807) is 4.90 Å². The fraction of sp³-hybridized carbons (Fsp3) is 0.526. The quantitative estimate of drug-likeness (QED) is 0.808. The van der Waals surface area contributed by atoms with E-state index < -0.39 is 17.8 Å². The second-order valence-corrected chi connectivity index (χ2v) is 6.59. The molecule has 26 heavy (non-hydrogen) atoms. The van der Waals surface area contributed by atoms with E-state index in [1.807, 2.05) is 6.92 Å². The van der Waals surface area contributed by atoms with Gasteiger partial charge in [0.1, 0.15) is 11.9 Å². The summed E-state index contributed by atoms with van der Waals surface area (Å²) in [6.45, 7) is 5.17. The molecule has 2 rings (SSSR count). The highest BCUT2D eigenvalue weighted by atomic mass is 19.1. The van der Waals surface area contributed by atoms with Gasteiger partial charge in [0.05, 0.1) is 0 Å². The molecule has 1 heterocycles. The van der Waals surface area contributed by atoms with Crippen LogP contribution in [0.15, 0.2) is 24.3 Å². The van der Waals surface area contributed by atoms with Crippen LogP contribution in [0.1, 0.15) is 43.5 Å². The summed E-state index contributed by atoms with van der Waals surface area (Å²) >= 11 is 0. The molecule has 7 heteroatoms. The van der Waals surface area contributed by atoms with Gasteiger partial charge in [-0.1, -0.05) is 6.92 Å². The van der Waals surface area contributed by atoms with Crippen LogP contribution in [-0.4, -0.2) is 48.3 Å². The van der Waals surface area contributed by atoms with Gasteiger partial charge in [-0.25, -0.2) is 4.39 Å². The number of benzene rings is 1. The lowest BCUT2D eigenvalue weighted by Crippen LogP contribution is -2.53. The molecule has 1 aromatic rings. The average Bonchev–Trinajstić information content (AvgIpc) is 2.64. The van der Waals surface area contributed by atoms with Crippen molar-refractivity contribution < 1.29 is 18.8 Å². The Bertz CT molecular complexity index is 640. The molecule has 0 radical (unpaired) electrons. The van der Waals surface area contributed by atoms with E-state index in [2.05, 4.69) is 10.6 Å². The number of likely N-dealkylation sites (tertiary alicyclic amines) is 1. The molecule has 1 aliphatic rings. The van der Waals surface area contributed by atoms with Crippen molar-refractivity contribution in [3.63, 3.8) is 0 Å². The van der Waals surface area contributed by atoms with Crippen molar-refractivity contribution in [3.05, 3.63) is 35.6 Å². The highest BCUT2D eigenvalue weighted by Gasteiger charge is 2.33. The summed E-state index contributed by atoms with van der Waals surface area (Å²) in [5.41, 5.74) is 0.306. The predicted molar refractivity (Wildman–Crippen MR) is 95.9 cm³/mol.